The van der Waals surface area contributed by atoms with Crippen molar-refractivity contribution in [3.8, 4) is 0 Å². The lowest BCUT2D eigenvalue weighted by atomic mass is 10.2. The van der Waals surface area contributed by atoms with Gasteiger partial charge < -0.3 is 15.0 Å². The number of carbonyl (C=O) groups is 3. The van der Waals surface area contributed by atoms with Gasteiger partial charge in [0.1, 0.15) is 6.04 Å². The number of amides is 2. The standard InChI is InChI=1S/C20H27N3O6S2/c1-12(2)22-31(27,28)15-7-5-14(6-8-15)21-18(25)13(3)29-19(26)16-11-30-20(4)10-9-17(24)23(16)20/h5-8,12-13,16,22H,9-11H2,1-4H3,(H,21,25). The predicted octanol–water partition coefficient (Wildman–Crippen LogP) is 1.70. The maximum atomic E-state index is 12.6. The summed E-state index contributed by atoms with van der Waals surface area (Å²) in [5.41, 5.74) is 0.370. The van der Waals surface area contributed by atoms with Crippen LogP contribution < -0.4 is 10.0 Å². The van der Waals surface area contributed by atoms with Crippen LogP contribution in [-0.4, -0.2) is 59.9 Å². The number of anilines is 1. The largest absolute Gasteiger partial charge is 0.451 e. The molecule has 0 aliphatic carbocycles. The highest BCUT2D eigenvalue weighted by atomic mass is 32.2. The van der Waals surface area contributed by atoms with Crippen molar-refractivity contribution in [1.82, 2.24) is 9.62 Å². The molecule has 3 atom stereocenters. The molecule has 1 aromatic carbocycles. The highest BCUT2D eigenvalue weighted by Crippen LogP contribution is 2.47. The van der Waals surface area contributed by atoms with Gasteiger partial charge in [0, 0.05) is 23.9 Å². The summed E-state index contributed by atoms with van der Waals surface area (Å²) in [5.74, 6) is -0.787. The number of nitrogens with zero attached hydrogens (tertiary/aromatic N) is 1. The lowest BCUT2D eigenvalue weighted by Gasteiger charge is -2.29. The number of hydrogen-bond donors (Lipinski definition) is 2. The summed E-state index contributed by atoms with van der Waals surface area (Å²) in [7, 11) is -3.63. The number of rotatable bonds is 7. The van der Waals surface area contributed by atoms with Crippen LogP contribution in [0.1, 0.15) is 40.5 Å². The molecule has 0 bridgehead atoms. The first-order chi connectivity index (χ1) is 14.4. The summed E-state index contributed by atoms with van der Waals surface area (Å²) in [6.07, 6.45) is 0.0178. The zero-order valence-electron chi connectivity index (χ0n) is 17.9. The fraction of sp³-hybridized carbons (Fsp3) is 0.550. The number of benzene rings is 1. The van der Waals surface area contributed by atoms with Crippen molar-refractivity contribution in [2.45, 2.75) is 68.5 Å². The van der Waals surface area contributed by atoms with Crippen LogP contribution in [0.3, 0.4) is 0 Å². The number of ether oxygens (including phenoxy) is 1. The molecule has 2 amide bonds. The molecule has 2 heterocycles. The van der Waals surface area contributed by atoms with Crippen LogP contribution in [0.25, 0.3) is 0 Å². The third kappa shape index (κ3) is 5.04. The van der Waals surface area contributed by atoms with E-state index >= 15 is 0 Å². The number of esters is 1. The summed E-state index contributed by atoms with van der Waals surface area (Å²) in [4.78, 5) is 38.5. The Morgan fingerprint density at radius 1 is 1.23 bits per heavy atom. The SMILES string of the molecule is CC(C)NS(=O)(=O)c1ccc(NC(=O)C(C)OC(=O)C2CSC3(C)CCC(=O)N23)cc1. The maximum Gasteiger partial charge on any atom is 0.330 e. The zero-order chi connectivity index (χ0) is 23.0. The second-order valence-electron chi connectivity index (χ2n) is 8.13. The van der Waals surface area contributed by atoms with Crippen molar-refractivity contribution in [2.24, 2.45) is 0 Å². The summed E-state index contributed by atoms with van der Waals surface area (Å²) >= 11 is 1.55. The molecule has 2 N–H and O–H groups in total. The number of sulfonamides is 1. The van der Waals surface area contributed by atoms with Crippen LogP contribution in [0, 0.1) is 0 Å². The number of nitrogens with one attached hydrogen (secondary N) is 2. The van der Waals surface area contributed by atoms with E-state index in [1.807, 2.05) is 6.92 Å². The van der Waals surface area contributed by atoms with Crippen molar-refractivity contribution in [2.75, 3.05) is 11.1 Å². The molecular weight excluding hydrogens is 442 g/mol. The van der Waals surface area contributed by atoms with Crippen LogP contribution in [0.5, 0.6) is 0 Å². The van der Waals surface area contributed by atoms with Gasteiger partial charge in [-0.05, 0) is 58.4 Å². The molecule has 3 unspecified atom stereocenters. The molecule has 3 rings (SSSR count). The van der Waals surface area contributed by atoms with Crippen molar-refractivity contribution in [1.29, 1.82) is 0 Å². The van der Waals surface area contributed by atoms with Gasteiger partial charge in [0.15, 0.2) is 6.10 Å². The van der Waals surface area contributed by atoms with E-state index in [0.29, 0.717) is 24.3 Å². The van der Waals surface area contributed by atoms with Crippen LogP contribution in [0.4, 0.5) is 5.69 Å². The minimum absolute atomic E-state index is 0.0754. The van der Waals surface area contributed by atoms with E-state index in [1.165, 1.54) is 31.2 Å². The van der Waals surface area contributed by atoms with E-state index in [2.05, 4.69) is 10.0 Å². The Hall–Kier alpha value is -2.11. The summed E-state index contributed by atoms with van der Waals surface area (Å²) in [6.45, 7) is 6.83. The molecule has 170 valence electrons. The van der Waals surface area contributed by atoms with Gasteiger partial charge in [-0.1, -0.05) is 0 Å². The lowest BCUT2D eigenvalue weighted by Crippen LogP contribution is -2.48. The highest BCUT2D eigenvalue weighted by Gasteiger charge is 2.53. The molecule has 2 aliphatic rings. The highest BCUT2D eigenvalue weighted by molar-refractivity contribution is 8.01. The second-order valence-corrected chi connectivity index (χ2v) is 11.3. The van der Waals surface area contributed by atoms with Gasteiger partial charge in [-0.15, -0.1) is 11.8 Å². The number of fused-ring (bicyclic) bond motifs is 1. The summed E-state index contributed by atoms with van der Waals surface area (Å²) in [6, 6.07) is 4.75. The fourth-order valence-electron chi connectivity index (χ4n) is 3.64. The van der Waals surface area contributed by atoms with Gasteiger partial charge in [-0.3, -0.25) is 9.59 Å². The quantitative estimate of drug-likeness (QED) is 0.583. The van der Waals surface area contributed by atoms with Crippen molar-refractivity contribution < 1.29 is 27.5 Å². The molecule has 0 saturated carbocycles. The normalized spacial score (nSPS) is 24.2. The Morgan fingerprint density at radius 2 is 1.87 bits per heavy atom. The Bertz CT molecular complexity index is 979. The van der Waals surface area contributed by atoms with Gasteiger partial charge in [0.05, 0.1) is 9.77 Å². The first kappa shape index (κ1) is 23.6. The van der Waals surface area contributed by atoms with E-state index in [-0.39, 0.29) is 16.8 Å². The minimum Gasteiger partial charge on any atom is -0.451 e. The topological polar surface area (TPSA) is 122 Å². The zero-order valence-corrected chi connectivity index (χ0v) is 19.5. The number of hydrogen-bond acceptors (Lipinski definition) is 7. The number of carbonyl (C=O) groups excluding carboxylic acids is 3. The molecular formula is C20H27N3O6S2. The van der Waals surface area contributed by atoms with Crippen LogP contribution in [0.2, 0.25) is 0 Å². The van der Waals surface area contributed by atoms with Crippen LogP contribution in [0.15, 0.2) is 29.2 Å². The lowest BCUT2D eigenvalue weighted by molar-refractivity contribution is -0.160. The summed E-state index contributed by atoms with van der Waals surface area (Å²) in [5, 5.41) is 2.60. The van der Waals surface area contributed by atoms with E-state index in [4.69, 9.17) is 4.74 Å². The van der Waals surface area contributed by atoms with Gasteiger partial charge in [0.25, 0.3) is 5.91 Å². The minimum atomic E-state index is -3.63. The average molecular weight is 470 g/mol. The molecule has 11 heteroatoms. The van der Waals surface area contributed by atoms with Crippen LogP contribution in [-0.2, 0) is 29.1 Å². The molecule has 1 aromatic rings. The third-order valence-electron chi connectivity index (χ3n) is 5.20. The van der Waals surface area contributed by atoms with Crippen molar-refractivity contribution in [3.63, 3.8) is 0 Å². The van der Waals surface area contributed by atoms with Gasteiger partial charge >= 0.3 is 5.97 Å². The monoisotopic (exact) mass is 469 g/mol. The van der Waals surface area contributed by atoms with Gasteiger partial charge in [0.2, 0.25) is 15.9 Å². The molecule has 31 heavy (non-hydrogen) atoms. The second kappa shape index (κ2) is 8.79. The molecule has 9 nitrogen and oxygen atoms in total. The first-order valence-electron chi connectivity index (χ1n) is 10.0. The molecule has 0 spiro atoms. The molecule has 2 fully saturated rings. The van der Waals surface area contributed by atoms with E-state index in [1.54, 1.807) is 30.5 Å². The van der Waals surface area contributed by atoms with Crippen molar-refractivity contribution >= 4 is 45.3 Å². The Labute approximate surface area is 186 Å². The van der Waals surface area contributed by atoms with E-state index in [9.17, 15) is 22.8 Å². The van der Waals surface area contributed by atoms with E-state index < -0.39 is 38.9 Å². The average Bonchev–Trinajstić information content (AvgIpc) is 3.17. The summed E-state index contributed by atoms with van der Waals surface area (Å²) < 4.78 is 32.1. The molecule has 0 aromatic heterocycles. The Morgan fingerprint density at radius 3 is 2.48 bits per heavy atom. The predicted molar refractivity (Wildman–Crippen MR) is 117 cm³/mol. The first-order valence-corrected chi connectivity index (χ1v) is 12.5. The smallest absolute Gasteiger partial charge is 0.330 e. The molecule has 2 saturated heterocycles. The van der Waals surface area contributed by atoms with E-state index in [0.717, 1.165) is 0 Å². The van der Waals surface area contributed by atoms with Crippen molar-refractivity contribution in [3.05, 3.63) is 24.3 Å². The fourth-order valence-corrected chi connectivity index (χ4v) is 6.31. The molecule has 0 radical (unpaired) electrons. The molecule has 2 aliphatic heterocycles. The third-order valence-corrected chi connectivity index (χ3v) is 8.38. The number of thioether (sulfide) groups is 1. The maximum absolute atomic E-state index is 12.6. The van der Waals surface area contributed by atoms with Crippen LogP contribution >= 0.6 is 11.8 Å². The van der Waals surface area contributed by atoms with Gasteiger partial charge in [-0.25, -0.2) is 17.9 Å². The Balaban J connectivity index is 1.58. The Kier molecular flexibility index (Phi) is 6.68. The van der Waals surface area contributed by atoms with Gasteiger partial charge in [-0.2, -0.15) is 0 Å².